The number of thioether (sulfide) groups is 1. The summed E-state index contributed by atoms with van der Waals surface area (Å²) in [6.07, 6.45) is 1.06. The Balaban J connectivity index is 2.65. The molecule has 1 nitrogen and oxygen atoms in total. The molecule has 0 atom stereocenters. The van der Waals surface area contributed by atoms with Gasteiger partial charge in [0.2, 0.25) is 0 Å². The minimum absolute atomic E-state index is 0.162. The van der Waals surface area contributed by atoms with Crippen LogP contribution in [0.1, 0.15) is 18.7 Å². The minimum atomic E-state index is 0.162. The third kappa shape index (κ3) is 2.67. The molecule has 0 radical (unpaired) electrons. The maximum absolute atomic E-state index is 10.7. The SMILES string of the molecule is CCc1ccc(SC(C)=O)s1. The quantitative estimate of drug-likeness (QED) is 0.660. The molecule has 0 bridgehead atoms. The summed E-state index contributed by atoms with van der Waals surface area (Å²) >= 11 is 3.02. The molecular formula is C8H10OS2. The Kier molecular flexibility index (Phi) is 3.15. The van der Waals surface area contributed by atoms with E-state index in [4.69, 9.17) is 0 Å². The van der Waals surface area contributed by atoms with Gasteiger partial charge < -0.3 is 0 Å². The third-order valence-electron chi connectivity index (χ3n) is 1.23. The zero-order valence-corrected chi connectivity index (χ0v) is 8.22. The van der Waals surface area contributed by atoms with E-state index in [1.54, 1.807) is 18.3 Å². The average Bonchev–Trinajstić information content (AvgIpc) is 2.34. The largest absolute Gasteiger partial charge is 0.287 e. The molecule has 0 fully saturated rings. The van der Waals surface area contributed by atoms with Gasteiger partial charge in [-0.1, -0.05) is 6.92 Å². The van der Waals surface area contributed by atoms with Crippen LogP contribution in [-0.4, -0.2) is 5.12 Å². The summed E-state index contributed by atoms with van der Waals surface area (Å²) < 4.78 is 1.11. The molecule has 0 aliphatic carbocycles. The first-order chi connectivity index (χ1) is 5.22. The molecule has 11 heavy (non-hydrogen) atoms. The van der Waals surface area contributed by atoms with Crippen LogP contribution in [0.5, 0.6) is 0 Å². The molecule has 1 heterocycles. The molecule has 0 aliphatic heterocycles. The first kappa shape index (κ1) is 8.81. The molecule has 60 valence electrons. The van der Waals surface area contributed by atoms with Crippen molar-refractivity contribution in [1.82, 2.24) is 0 Å². The molecule has 1 aromatic rings. The van der Waals surface area contributed by atoms with Crippen molar-refractivity contribution in [2.45, 2.75) is 24.5 Å². The highest BCUT2D eigenvalue weighted by Gasteiger charge is 2.01. The van der Waals surface area contributed by atoms with Gasteiger partial charge in [0.25, 0.3) is 0 Å². The summed E-state index contributed by atoms with van der Waals surface area (Å²) in [5.74, 6) is 0. The van der Waals surface area contributed by atoms with Gasteiger partial charge in [-0.15, -0.1) is 11.3 Å². The second-order valence-corrected chi connectivity index (χ2v) is 4.81. The molecule has 0 N–H and O–H groups in total. The number of aryl methyl sites for hydroxylation is 1. The maximum Gasteiger partial charge on any atom is 0.191 e. The van der Waals surface area contributed by atoms with Crippen molar-refractivity contribution in [3.63, 3.8) is 0 Å². The van der Waals surface area contributed by atoms with E-state index in [0.29, 0.717) is 0 Å². The average molecular weight is 186 g/mol. The molecule has 0 aliphatic rings. The number of rotatable bonds is 2. The van der Waals surface area contributed by atoms with E-state index in [0.717, 1.165) is 10.6 Å². The van der Waals surface area contributed by atoms with Crippen molar-refractivity contribution in [2.24, 2.45) is 0 Å². The summed E-state index contributed by atoms with van der Waals surface area (Å²) in [5, 5.41) is 0.162. The van der Waals surface area contributed by atoms with Crippen LogP contribution in [0, 0.1) is 0 Å². The van der Waals surface area contributed by atoms with Gasteiger partial charge in [0.15, 0.2) is 5.12 Å². The second kappa shape index (κ2) is 3.93. The smallest absolute Gasteiger partial charge is 0.191 e. The molecule has 0 amide bonds. The van der Waals surface area contributed by atoms with Crippen LogP contribution in [0.3, 0.4) is 0 Å². The minimum Gasteiger partial charge on any atom is -0.287 e. The van der Waals surface area contributed by atoms with Crippen LogP contribution in [0.4, 0.5) is 0 Å². The summed E-state index contributed by atoms with van der Waals surface area (Å²) in [4.78, 5) is 12.0. The van der Waals surface area contributed by atoms with Crippen LogP contribution in [-0.2, 0) is 11.2 Å². The Hall–Kier alpha value is -0.280. The number of carbonyl (C=O) groups excluding carboxylic acids is 1. The zero-order chi connectivity index (χ0) is 8.27. The van der Waals surface area contributed by atoms with Crippen molar-refractivity contribution in [3.05, 3.63) is 17.0 Å². The Morgan fingerprint density at radius 3 is 2.82 bits per heavy atom. The van der Waals surface area contributed by atoms with Gasteiger partial charge >= 0.3 is 0 Å². The monoisotopic (exact) mass is 186 g/mol. The van der Waals surface area contributed by atoms with E-state index in [1.165, 1.54) is 16.6 Å². The van der Waals surface area contributed by atoms with E-state index >= 15 is 0 Å². The lowest BCUT2D eigenvalue weighted by Crippen LogP contribution is -1.75. The standard InChI is InChI=1S/C8H10OS2/c1-3-7-4-5-8(11-7)10-6(2)9/h4-5H,3H2,1-2H3. The fourth-order valence-electron chi connectivity index (χ4n) is 0.745. The highest BCUT2D eigenvalue weighted by molar-refractivity contribution is 8.14. The Bertz CT molecular complexity index is 252. The number of hydrogen-bond acceptors (Lipinski definition) is 3. The highest BCUT2D eigenvalue weighted by Crippen LogP contribution is 2.27. The number of hydrogen-bond donors (Lipinski definition) is 0. The van der Waals surface area contributed by atoms with Gasteiger partial charge in [-0.05, 0) is 30.3 Å². The Morgan fingerprint density at radius 2 is 2.36 bits per heavy atom. The van der Waals surface area contributed by atoms with Crippen molar-refractivity contribution in [3.8, 4) is 0 Å². The van der Waals surface area contributed by atoms with Crippen molar-refractivity contribution in [1.29, 1.82) is 0 Å². The van der Waals surface area contributed by atoms with Gasteiger partial charge in [-0.25, -0.2) is 0 Å². The van der Waals surface area contributed by atoms with Crippen LogP contribution in [0.25, 0.3) is 0 Å². The Morgan fingerprint density at radius 1 is 1.64 bits per heavy atom. The zero-order valence-electron chi connectivity index (χ0n) is 6.59. The van der Waals surface area contributed by atoms with Crippen LogP contribution in [0.15, 0.2) is 16.3 Å². The van der Waals surface area contributed by atoms with Crippen molar-refractivity contribution in [2.75, 3.05) is 0 Å². The van der Waals surface area contributed by atoms with Gasteiger partial charge in [0.05, 0.1) is 4.21 Å². The number of carbonyl (C=O) groups is 1. The lowest BCUT2D eigenvalue weighted by atomic mass is 10.4. The normalized spacial score (nSPS) is 10.0. The molecule has 0 spiro atoms. The van der Waals surface area contributed by atoms with E-state index in [-0.39, 0.29) is 5.12 Å². The molecule has 1 aromatic heterocycles. The third-order valence-corrected chi connectivity index (χ3v) is 3.38. The Labute approximate surface area is 74.8 Å². The molecule has 1 rings (SSSR count). The molecule has 0 aromatic carbocycles. The van der Waals surface area contributed by atoms with E-state index in [2.05, 4.69) is 13.0 Å². The molecular weight excluding hydrogens is 176 g/mol. The first-order valence-corrected chi connectivity index (χ1v) is 5.12. The van der Waals surface area contributed by atoms with E-state index in [1.807, 2.05) is 6.07 Å². The van der Waals surface area contributed by atoms with Gasteiger partial charge in [-0.3, -0.25) is 4.79 Å². The van der Waals surface area contributed by atoms with E-state index < -0.39 is 0 Å². The first-order valence-electron chi connectivity index (χ1n) is 3.49. The number of thiophene rings is 1. The van der Waals surface area contributed by atoms with Crippen LogP contribution >= 0.6 is 23.1 Å². The lowest BCUT2D eigenvalue weighted by Gasteiger charge is -1.87. The second-order valence-electron chi connectivity index (χ2n) is 2.17. The predicted molar refractivity (Wildman–Crippen MR) is 50.2 cm³/mol. The maximum atomic E-state index is 10.7. The van der Waals surface area contributed by atoms with Gasteiger partial charge in [-0.2, -0.15) is 0 Å². The topological polar surface area (TPSA) is 17.1 Å². The fourth-order valence-corrected chi connectivity index (χ4v) is 2.68. The van der Waals surface area contributed by atoms with Crippen LogP contribution in [0.2, 0.25) is 0 Å². The van der Waals surface area contributed by atoms with Gasteiger partial charge in [0.1, 0.15) is 0 Å². The summed E-state index contributed by atoms with van der Waals surface area (Å²) in [6.45, 7) is 3.71. The highest BCUT2D eigenvalue weighted by atomic mass is 32.2. The molecule has 0 unspecified atom stereocenters. The molecule has 0 saturated heterocycles. The summed E-state index contributed by atoms with van der Waals surface area (Å²) in [6, 6.07) is 4.09. The van der Waals surface area contributed by atoms with Crippen LogP contribution < -0.4 is 0 Å². The van der Waals surface area contributed by atoms with Crippen molar-refractivity contribution < 1.29 is 4.79 Å². The predicted octanol–water partition coefficient (Wildman–Crippen LogP) is 2.95. The fraction of sp³-hybridized carbons (Fsp3) is 0.375. The van der Waals surface area contributed by atoms with Gasteiger partial charge in [0, 0.05) is 11.8 Å². The van der Waals surface area contributed by atoms with E-state index in [9.17, 15) is 4.79 Å². The molecule has 0 saturated carbocycles. The summed E-state index contributed by atoms with van der Waals surface area (Å²) in [7, 11) is 0. The summed E-state index contributed by atoms with van der Waals surface area (Å²) in [5.41, 5.74) is 0. The molecule has 3 heteroatoms. The van der Waals surface area contributed by atoms with Crippen molar-refractivity contribution >= 4 is 28.2 Å². The lowest BCUT2D eigenvalue weighted by molar-refractivity contribution is -0.109.